The SMILES string of the molecule is COCCCc1cnc(CCc2ccc3c(F)c(CCc4cc(F)c(C(F)(F)F)c(F)c4)ccc3c2)nc1. The predicted octanol–water partition coefficient (Wildman–Crippen LogP) is 7.22. The summed E-state index contributed by atoms with van der Waals surface area (Å²) in [4.78, 5) is 8.84. The van der Waals surface area contributed by atoms with E-state index in [0.29, 0.717) is 47.9 Å². The molecule has 0 atom stereocenters. The molecular weight excluding hydrogens is 506 g/mol. The van der Waals surface area contributed by atoms with Crippen LogP contribution in [0.3, 0.4) is 0 Å². The Labute approximate surface area is 216 Å². The topological polar surface area (TPSA) is 35.0 Å². The molecule has 0 N–H and O–H groups in total. The molecule has 38 heavy (non-hydrogen) atoms. The minimum Gasteiger partial charge on any atom is -0.385 e. The summed E-state index contributed by atoms with van der Waals surface area (Å²) in [6, 6.07) is 10.0. The molecule has 0 unspecified atom stereocenters. The van der Waals surface area contributed by atoms with Gasteiger partial charge in [0.25, 0.3) is 0 Å². The van der Waals surface area contributed by atoms with E-state index >= 15 is 4.39 Å². The van der Waals surface area contributed by atoms with Crippen LogP contribution in [0.5, 0.6) is 0 Å². The molecule has 3 nitrogen and oxygen atoms in total. The first-order valence-corrected chi connectivity index (χ1v) is 12.2. The summed E-state index contributed by atoms with van der Waals surface area (Å²) in [6.45, 7) is 0.685. The van der Waals surface area contributed by atoms with Crippen LogP contribution in [0.15, 0.2) is 54.9 Å². The lowest BCUT2D eigenvalue weighted by atomic mass is 9.97. The van der Waals surface area contributed by atoms with E-state index in [0.717, 1.165) is 29.8 Å². The summed E-state index contributed by atoms with van der Waals surface area (Å²) >= 11 is 0. The highest BCUT2D eigenvalue weighted by Gasteiger charge is 2.37. The Hall–Kier alpha value is -3.46. The molecule has 0 bridgehead atoms. The van der Waals surface area contributed by atoms with Crippen LogP contribution in [-0.4, -0.2) is 23.7 Å². The standard InChI is InChI=1S/C29H26F6N2O/c1-38-12-2-3-20-16-36-26(37-17-20)11-6-18-5-10-23-22(13-18)9-8-21(28(23)32)7-4-19-14-24(30)27(25(31)15-19)29(33,34)35/h5,8-10,13-17H,2-4,6-7,11-12H2,1H3. The third-order valence-corrected chi connectivity index (χ3v) is 6.38. The quantitative estimate of drug-likeness (QED) is 0.160. The second kappa shape index (κ2) is 11.9. The highest BCUT2D eigenvalue weighted by molar-refractivity contribution is 5.84. The normalized spacial score (nSPS) is 11.9. The van der Waals surface area contributed by atoms with E-state index in [9.17, 15) is 22.0 Å². The second-order valence-electron chi connectivity index (χ2n) is 9.13. The largest absolute Gasteiger partial charge is 0.422 e. The fourth-order valence-corrected chi connectivity index (χ4v) is 4.37. The highest BCUT2D eigenvalue weighted by atomic mass is 19.4. The number of fused-ring (bicyclic) bond motifs is 1. The van der Waals surface area contributed by atoms with Gasteiger partial charge < -0.3 is 4.74 Å². The Balaban J connectivity index is 1.40. The van der Waals surface area contributed by atoms with E-state index < -0.39 is 29.2 Å². The zero-order valence-electron chi connectivity index (χ0n) is 20.7. The van der Waals surface area contributed by atoms with Gasteiger partial charge in [0, 0.05) is 37.9 Å². The molecule has 0 aliphatic rings. The third-order valence-electron chi connectivity index (χ3n) is 6.38. The molecule has 200 valence electrons. The van der Waals surface area contributed by atoms with Gasteiger partial charge in [-0.05, 0) is 71.9 Å². The number of hydrogen-bond acceptors (Lipinski definition) is 3. The number of alkyl halides is 3. The molecule has 4 aromatic rings. The summed E-state index contributed by atoms with van der Waals surface area (Å²) in [5.41, 5.74) is 0.456. The minimum absolute atomic E-state index is 0.0162. The monoisotopic (exact) mass is 532 g/mol. The number of aryl methyl sites for hydroxylation is 5. The summed E-state index contributed by atoms with van der Waals surface area (Å²) in [6.07, 6.45) is 1.64. The van der Waals surface area contributed by atoms with Crippen molar-refractivity contribution in [2.45, 2.75) is 44.7 Å². The van der Waals surface area contributed by atoms with Crippen LogP contribution in [0, 0.1) is 17.5 Å². The summed E-state index contributed by atoms with van der Waals surface area (Å²) in [7, 11) is 1.67. The van der Waals surface area contributed by atoms with Crippen LogP contribution in [0.25, 0.3) is 10.8 Å². The number of ether oxygens (including phenoxy) is 1. The van der Waals surface area contributed by atoms with Gasteiger partial charge in [-0.25, -0.2) is 23.1 Å². The molecule has 4 rings (SSSR count). The summed E-state index contributed by atoms with van der Waals surface area (Å²) < 4.78 is 86.3. The Bertz CT molecular complexity index is 1380. The number of benzene rings is 3. The Morgan fingerprint density at radius 3 is 2.08 bits per heavy atom. The number of aromatic nitrogens is 2. The van der Waals surface area contributed by atoms with Gasteiger partial charge >= 0.3 is 6.18 Å². The molecule has 0 amide bonds. The van der Waals surface area contributed by atoms with Crippen LogP contribution >= 0.6 is 0 Å². The van der Waals surface area contributed by atoms with Crippen LogP contribution in [-0.2, 0) is 43.0 Å². The van der Waals surface area contributed by atoms with Gasteiger partial charge in [0.2, 0.25) is 0 Å². The van der Waals surface area contributed by atoms with Gasteiger partial charge in [0.15, 0.2) is 0 Å². The van der Waals surface area contributed by atoms with E-state index in [1.165, 1.54) is 0 Å². The predicted molar refractivity (Wildman–Crippen MR) is 132 cm³/mol. The van der Waals surface area contributed by atoms with Crippen LogP contribution < -0.4 is 0 Å². The van der Waals surface area contributed by atoms with Crippen molar-refractivity contribution < 1.29 is 31.1 Å². The van der Waals surface area contributed by atoms with Crippen LogP contribution in [0.4, 0.5) is 26.3 Å². The van der Waals surface area contributed by atoms with E-state index in [2.05, 4.69) is 9.97 Å². The lowest BCUT2D eigenvalue weighted by Crippen LogP contribution is -2.12. The van der Waals surface area contributed by atoms with Crippen LogP contribution in [0.1, 0.15) is 40.1 Å². The number of methoxy groups -OCH3 is 1. The van der Waals surface area contributed by atoms with Gasteiger partial charge in [-0.15, -0.1) is 0 Å². The summed E-state index contributed by atoms with van der Waals surface area (Å²) in [5, 5.41) is 1.09. The van der Waals surface area contributed by atoms with Crippen molar-refractivity contribution in [3.05, 3.63) is 106 Å². The Kier molecular flexibility index (Phi) is 8.66. The van der Waals surface area contributed by atoms with E-state index in [-0.39, 0.29) is 18.4 Å². The smallest absolute Gasteiger partial charge is 0.385 e. The maximum Gasteiger partial charge on any atom is 0.422 e. The fraction of sp³-hybridized carbons (Fsp3) is 0.310. The molecule has 0 radical (unpaired) electrons. The number of hydrogen-bond donors (Lipinski definition) is 0. The third kappa shape index (κ3) is 6.69. The first-order valence-electron chi connectivity index (χ1n) is 12.2. The average Bonchev–Trinajstić information content (AvgIpc) is 2.87. The van der Waals surface area contributed by atoms with Crippen molar-refractivity contribution >= 4 is 10.8 Å². The van der Waals surface area contributed by atoms with Gasteiger partial charge in [0.05, 0.1) is 0 Å². The van der Waals surface area contributed by atoms with Crippen molar-refractivity contribution in [1.29, 1.82) is 0 Å². The van der Waals surface area contributed by atoms with Crippen LogP contribution in [0.2, 0.25) is 0 Å². The lowest BCUT2D eigenvalue weighted by molar-refractivity contribution is -0.142. The van der Waals surface area contributed by atoms with Crippen molar-refractivity contribution in [2.75, 3.05) is 13.7 Å². The zero-order valence-corrected chi connectivity index (χ0v) is 20.7. The molecule has 0 saturated heterocycles. The second-order valence-corrected chi connectivity index (χ2v) is 9.13. The molecule has 0 aliphatic carbocycles. The molecule has 0 fully saturated rings. The molecule has 3 aromatic carbocycles. The van der Waals surface area contributed by atoms with Crippen molar-refractivity contribution in [3.63, 3.8) is 0 Å². The van der Waals surface area contributed by atoms with Crippen molar-refractivity contribution in [3.8, 4) is 0 Å². The zero-order chi connectivity index (χ0) is 27.3. The van der Waals surface area contributed by atoms with E-state index in [1.807, 2.05) is 24.5 Å². The molecule has 0 saturated carbocycles. The first-order chi connectivity index (χ1) is 18.2. The Morgan fingerprint density at radius 2 is 1.42 bits per heavy atom. The summed E-state index contributed by atoms with van der Waals surface area (Å²) in [5.74, 6) is -3.10. The lowest BCUT2D eigenvalue weighted by Gasteiger charge is -2.12. The number of halogens is 6. The van der Waals surface area contributed by atoms with Gasteiger partial charge in [-0.1, -0.05) is 30.3 Å². The van der Waals surface area contributed by atoms with E-state index in [1.54, 1.807) is 25.3 Å². The Morgan fingerprint density at radius 1 is 0.737 bits per heavy atom. The highest BCUT2D eigenvalue weighted by Crippen LogP contribution is 2.34. The number of rotatable bonds is 10. The molecule has 1 heterocycles. The molecular formula is C29H26F6N2O. The van der Waals surface area contributed by atoms with Crippen molar-refractivity contribution in [2.24, 2.45) is 0 Å². The molecule has 0 aliphatic heterocycles. The molecule has 9 heteroatoms. The molecule has 0 spiro atoms. The maximum atomic E-state index is 15.2. The van der Waals surface area contributed by atoms with Crippen molar-refractivity contribution in [1.82, 2.24) is 9.97 Å². The average molecular weight is 533 g/mol. The van der Waals surface area contributed by atoms with E-state index in [4.69, 9.17) is 4.74 Å². The maximum absolute atomic E-state index is 15.2. The fourth-order valence-electron chi connectivity index (χ4n) is 4.37. The number of nitrogens with zero attached hydrogens (tertiary/aromatic N) is 2. The molecule has 1 aromatic heterocycles. The first kappa shape index (κ1) is 27.6. The van der Waals surface area contributed by atoms with Gasteiger partial charge in [-0.3, -0.25) is 0 Å². The van der Waals surface area contributed by atoms with Gasteiger partial charge in [-0.2, -0.15) is 13.2 Å². The van der Waals surface area contributed by atoms with Gasteiger partial charge in [0.1, 0.15) is 28.8 Å². The minimum atomic E-state index is -5.13.